The second kappa shape index (κ2) is 5.53. The maximum Gasteiger partial charge on any atom is 0.309 e. The minimum Gasteiger partial charge on any atom is -0.354 e. The van der Waals surface area contributed by atoms with Gasteiger partial charge in [-0.1, -0.05) is 0 Å². The lowest BCUT2D eigenvalue weighted by molar-refractivity contribution is -0.124. The third kappa shape index (κ3) is 3.89. The van der Waals surface area contributed by atoms with Gasteiger partial charge in [-0.3, -0.25) is 14.5 Å². The molecule has 1 rings (SSSR count). The van der Waals surface area contributed by atoms with Gasteiger partial charge >= 0.3 is 6.41 Å². The molecule has 0 bridgehead atoms. The van der Waals surface area contributed by atoms with Gasteiger partial charge in [0.2, 0.25) is 5.91 Å². The van der Waals surface area contributed by atoms with Crippen LogP contribution in [0.3, 0.4) is 0 Å². The van der Waals surface area contributed by atoms with E-state index in [4.69, 9.17) is 0 Å². The Morgan fingerprint density at radius 3 is 3.15 bits per heavy atom. The van der Waals surface area contributed by atoms with E-state index in [-0.39, 0.29) is 5.91 Å². The van der Waals surface area contributed by atoms with Crippen molar-refractivity contribution in [1.29, 1.82) is 0 Å². The first kappa shape index (κ1) is 9.98. The maximum atomic E-state index is 10.9. The van der Waals surface area contributed by atoms with Gasteiger partial charge in [0.15, 0.2) is 0 Å². The second-order valence-corrected chi connectivity index (χ2v) is 3.01. The normalized spacial score (nSPS) is 18.0. The average molecular weight is 184 g/mol. The summed E-state index contributed by atoms with van der Waals surface area (Å²) in [4.78, 5) is 22.8. The Morgan fingerprint density at radius 1 is 1.62 bits per heavy atom. The molecule has 13 heavy (non-hydrogen) atoms. The summed E-state index contributed by atoms with van der Waals surface area (Å²) in [6.45, 7) is 3.58. The molecule has 2 amide bonds. The van der Waals surface area contributed by atoms with Crippen LogP contribution >= 0.6 is 0 Å². The fourth-order valence-electron chi connectivity index (χ4n) is 1.32. The summed E-state index contributed by atoms with van der Waals surface area (Å²) in [5, 5.41) is 5.22. The maximum absolute atomic E-state index is 10.9. The van der Waals surface area contributed by atoms with Crippen LogP contribution in [0.1, 0.15) is 6.42 Å². The van der Waals surface area contributed by atoms with Gasteiger partial charge in [-0.2, -0.15) is 0 Å². The van der Waals surface area contributed by atoms with Crippen LogP contribution in [0.2, 0.25) is 0 Å². The highest BCUT2D eigenvalue weighted by molar-refractivity contribution is 5.78. The Hall–Kier alpha value is -1.10. The van der Waals surface area contributed by atoms with Crippen LogP contribution in [0.25, 0.3) is 0 Å². The molecule has 73 valence electrons. The van der Waals surface area contributed by atoms with E-state index < -0.39 is 0 Å². The van der Waals surface area contributed by atoms with Crippen LogP contribution in [0.15, 0.2) is 0 Å². The van der Waals surface area contributed by atoms with E-state index in [1.807, 2.05) is 0 Å². The summed E-state index contributed by atoms with van der Waals surface area (Å²) in [6, 6.07) is 0. The molecule has 0 unspecified atom stereocenters. The average Bonchev–Trinajstić information content (AvgIpc) is 2.13. The highest BCUT2D eigenvalue weighted by atomic mass is 16.2. The van der Waals surface area contributed by atoms with E-state index in [1.165, 1.54) is 0 Å². The van der Waals surface area contributed by atoms with Gasteiger partial charge in [0.1, 0.15) is 0 Å². The van der Waals surface area contributed by atoms with Crippen molar-refractivity contribution in [3.63, 3.8) is 0 Å². The Kier molecular flexibility index (Phi) is 4.25. The molecule has 1 fully saturated rings. The van der Waals surface area contributed by atoms with Gasteiger partial charge in [-0.15, -0.1) is 0 Å². The van der Waals surface area contributed by atoms with E-state index in [1.54, 1.807) is 6.41 Å². The van der Waals surface area contributed by atoms with Gasteiger partial charge in [0.05, 0.1) is 6.54 Å². The molecule has 0 aliphatic carbocycles. The highest BCUT2D eigenvalue weighted by Crippen LogP contribution is 1.94. The molecule has 1 aliphatic heterocycles. The van der Waals surface area contributed by atoms with Crippen LogP contribution in [-0.4, -0.2) is 49.9 Å². The lowest BCUT2D eigenvalue weighted by atomic mass is 10.3. The number of amides is 2. The lowest BCUT2D eigenvalue weighted by Gasteiger charge is -2.26. The molecule has 0 aromatic carbocycles. The van der Waals surface area contributed by atoms with Crippen LogP contribution in [0.4, 0.5) is 0 Å². The van der Waals surface area contributed by atoms with Crippen molar-refractivity contribution in [1.82, 2.24) is 15.5 Å². The zero-order valence-corrected chi connectivity index (χ0v) is 7.51. The minimum atomic E-state index is 0.0844. The molecule has 0 spiro atoms. The molecule has 0 aromatic rings. The monoisotopic (exact) mass is 184 g/mol. The van der Waals surface area contributed by atoms with Crippen LogP contribution < -0.4 is 10.6 Å². The second-order valence-electron chi connectivity index (χ2n) is 3.01. The zero-order valence-electron chi connectivity index (χ0n) is 7.51. The molecule has 1 radical (unpaired) electrons. The number of hydrogen-bond donors (Lipinski definition) is 2. The minimum absolute atomic E-state index is 0.0844. The molecule has 0 aromatic heterocycles. The van der Waals surface area contributed by atoms with E-state index in [0.717, 1.165) is 26.1 Å². The third-order valence-corrected chi connectivity index (χ3v) is 1.97. The molecule has 1 heterocycles. The third-order valence-electron chi connectivity index (χ3n) is 1.97. The predicted molar refractivity (Wildman–Crippen MR) is 47.8 cm³/mol. The van der Waals surface area contributed by atoms with Gasteiger partial charge < -0.3 is 10.6 Å². The Morgan fingerprint density at radius 2 is 2.46 bits per heavy atom. The van der Waals surface area contributed by atoms with Gasteiger partial charge in [-0.25, -0.2) is 0 Å². The van der Waals surface area contributed by atoms with Crippen molar-refractivity contribution in [3.8, 4) is 0 Å². The number of hydrogen-bond acceptors (Lipinski definition) is 3. The summed E-state index contributed by atoms with van der Waals surface area (Å²) in [5.74, 6) is 0.0844. The number of piperazine rings is 1. The molecule has 1 aliphatic rings. The lowest BCUT2D eigenvalue weighted by Crippen LogP contribution is -2.48. The van der Waals surface area contributed by atoms with E-state index >= 15 is 0 Å². The van der Waals surface area contributed by atoms with Crippen molar-refractivity contribution in [2.45, 2.75) is 6.42 Å². The molecule has 1 saturated heterocycles. The molecule has 5 heteroatoms. The zero-order chi connectivity index (χ0) is 9.52. The summed E-state index contributed by atoms with van der Waals surface area (Å²) in [6.07, 6.45) is 2.48. The van der Waals surface area contributed by atoms with E-state index in [0.29, 0.717) is 13.1 Å². The Bertz CT molecular complexity index is 184. The topological polar surface area (TPSA) is 61.4 Å². The van der Waals surface area contributed by atoms with Crippen molar-refractivity contribution in [2.24, 2.45) is 0 Å². The van der Waals surface area contributed by atoms with E-state index in [9.17, 15) is 9.59 Å². The fourth-order valence-corrected chi connectivity index (χ4v) is 1.32. The quantitative estimate of drug-likeness (QED) is 0.402. The van der Waals surface area contributed by atoms with E-state index in [2.05, 4.69) is 15.5 Å². The number of carbonyl (C=O) groups excluding carboxylic acids is 2. The molecule has 5 nitrogen and oxygen atoms in total. The first-order valence-corrected chi connectivity index (χ1v) is 4.42. The largest absolute Gasteiger partial charge is 0.354 e. The van der Waals surface area contributed by atoms with Crippen LogP contribution in [0, 0.1) is 0 Å². The summed E-state index contributed by atoms with van der Waals surface area (Å²) < 4.78 is 0. The van der Waals surface area contributed by atoms with Crippen molar-refractivity contribution in [3.05, 3.63) is 0 Å². The molecular weight excluding hydrogens is 170 g/mol. The SMILES string of the molecule is O=[C]NCCCN1CCNC(=O)C1. The number of nitrogens with one attached hydrogen (secondary N) is 2. The Balaban J connectivity index is 2.06. The van der Waals surface area contributed by atoms with Gasteiger partial charge in [0.25, 0.3) is 0 Å². The first-order valence-electron chi connectivity index (χ1n) is 4.42. The predicted octanol–water partition coefficient (Wildman–Crippen LogP) is -1.53. The van der Waals surface area contributed by atoms with Crippen molar-refractivity contribution in [2.75, 3.05) is 32.7 Å². The van der Waals surface area contributed by atoms with Gasteiger partial charge in [-0.05, 0) is 6.42 Å². The molecule has 0 saturated carbocycles. The molecule has 2 N–H and O–H groups in total. The summed E-state index contributed by atoms with van der Waals surface area (Å²) >= 11 is 0. The molecule has 0 atom stereocenters. The standard InChI is InChI=1S/C8H14N3O2/c12-7-9-2-1-4-11-5-3-10-8(13)6-11/h1-6H2,(H,9,12)(H,10,13). The fraction of sp³-hybridized carbons (Fsp3) is 0.750. The van der Waals surface area contributed by atoms with Crippen molar-refractivity contribution < 1.29 is 9.59 Å². The Labute approximate surface area is 77.5 Å². The first-order chi connectivity index (χ1) is 6.33. The van der Waals surface area contributed by atoms with Gasteiger partial charge in [0, 0.05) is 26.2 Å². The highest BCUT2D eigenvalue weighted by Gasteiger charge is 2.14. The number of carbonyl (C=O) groups is 1. The molecular formula is C8H14N3O2. The van der Waals surface area contributed by atoms with Crippen LogP contribution in [-0.2, 0) is 9.59 Å². The number of rotatable bonds is 5. The van der Waals surface area contributed by atoms with Crippen LogP contribution in [0.5, 0.6) is 0 Å². The smallest absolute Gasteiger partial charge is 0.309 e. The summed E-state index contributed by atoms with van der Waals surface area (Å²) in [7, 11) is 0. The summed E-state index contributed by atoms with van der Waals surface area (Å²) in [5.41, 5.74) is 0. The number of nitrogens with zero attached hydrogens (tertiary/aromatic N) is 1. The van der Waals surface area contributed by atoms with Crippen molar-refractivity contribution >= 4 is 12.3 Å².